The third kappa shape index (κ3) is 1.76. The molecule has 1 rings (SSSR count). The quantitative estimate of drug-likeness (QED) is 0.753. The molecule has 0 unspecified atom stereocenters. The largest absolute Gasteiger partial charge is 0.478 e. The van der Waals surface area contributed by atoms with E-state index in [-0.39, 0.29) is 5.02 Å². The number of benzene rings is 1. The zero-order valence-electron chi connectivity index (χ0n) is 6.21. The van der Waals surface area contributed by atoms with E-state index in [0.717, 1.165) is 12.1 Å². The SMILES string of the molecule is N#Cc1c(F)cc(Cl)cc1C(=O)O. The van der Waals surface area contributed by atoms with Crippen LogP contribution in [0.2, 0.25) is 5.02 Å². The Kier molecular flexibility index (Phi) is 2.49. The topological polar surface area (TPSA) is 61.1 Å². The van der Waals surface area contributed by atoms with Crippen molar-refractivity contribution in [3.8, 4) is 6.07 Å². The molecule has 0 aliphatic rings. The third-order valence-electron chi connectivity index (χ3n) is 1.40. The van der Waals surface area contributed by atoms with Crippen LogP contribution in [0.5, 0.6) is 0 Å². The molecular formula is C8H3ClFNO2. The molecule has 1 aromatic rings. The molecule has 0 bridgehead atoms. The van der Waals surface area contributed by atoms with Crippen molar-refractivity contribution in [2.24, 2.45) is 0 Å². The summed E-state index contributed by atoms with van der Waals surface area (Å²) in [4.78, 5) is 10.5. The number of aromatic carboxylic acids is 1. The summed E-state index contributed by atoms with van der Waals surface area (Å²) in [5.74, 6) is -2.30. The molecule has 13 heavy (non-hydrogen) atoms. The highest BCUT2D eigenvalue weighted by Gasteiger charge is 2.15. The van der Waals surface area contributed by atoms with Gasteiger partial charge in [-0.05, 0) is 12.1 Å². The number of rotatable bonds is 1. The summed E-state index contributed by atoms with van der Waals surface area (Å²) in [6, 6.07) is 3.39. The number of carboxylic acid groups (broad SMARTS) is 1. The Labute approximate surface area is 78.0 Å². The van der Waals surface area contributed by atoms with E-state index in [4.69, 9.17) is 22.0 Å². The van der Waals surface area contributed by atoms with Crippen LogP contribution in [0.15, 0.2) is 12.1 Å². The molecule has 0 radical (unpaired) electrons. The van der Waals surface area contributed by atoms with E-state index < -0.39 is 22.9 Å². The van der Waals surface area contributed by atoms with Crippen LogP contribution in [0.3, 0.4) is 0 Å². The second-order valence-corrected chi connectivity index (χ2v) is 2.66. The molecule has 0 spiro atoms. The van der Waals surface area contributed by atoms with Crippen molar-refractivity contribution < 1.29 is 14.3 Å². The molecule has 0 aromatic heterocycles. The maximum absolute atomic E-state index is 12.9. The van der Waals surface area contributed by atoms with Gasteiger partial charge in [-0.1, -0.05) is 11.6 Å². The minimum atomic E-state index is -1.38. The minimum Gasteiger partial charge on any atom is -0.478 e. The first-order chi connectivity index (χ1) is 6.06. The van der Waals surface area contributed by atoms with Gasteiger partial charge in [-0.2, -0.15) is 5.26 Å². The maximum Gasteiger partial charge on any atom is 0.337 e. The number of carbonyl (C=O) groups is 1. The fraction of sp³-hybridized carbons (Fsp3) is 0. The Hall–Kier alpha value is -1.60. The lowest BCUT2D eigenvalue weighted by molar-refractivity contribution is 0.0696. The van der Waals surface area contributed by atoms with E-state index in [1.807, 2.05) is 0 Å². The highest BCUT2D eigenvalue weighted by molar-refractivity contribution is 6.31. The molecule has 0 amide bonds. The van der Waals surface area contributed by atoms with Crippen LogP contribution >= 0.6 is 11.6 Å². The summed E-state index contributed by atoms with van der Waals surface area (Å²) >= 11 is 5.41. The Bertz CT molecular complexity index is 411. The molecular weight excluding hydrogens is 197 g/mol. The summed E-state index contributed by atoms with van der Waals surface area (Å²) in [5.41, 5.74) is -0.926. The summed E-state index contributed by atoms with van der Waals surface area (Å²) in [6.45, 7) is 0. The molecule has 5 heteroatoms. The lowest BCUT2D eigenvalue weighted by Crippen LogP contribution is -2.02. The first kappa shape index (κ1) is 9.49. The zero-order chi connectivity index (χ0) is 10.0. The van der Waals surface area contributed by atoms with E-state index in [1.165, 1.54) is 6.07 Å². The smallest absolute Gasteiger partial charge is 0.337 e. The molecule has 3 nitrogen and oxygen atoms in total. The van der Waals surface area contributed by atoms with Crippen LogP contribution in [-0.2, 0) is 0 Å². The summed E-state index contributed by atoms with van der Waals surface area (Å²) < 4.78 is 12.9. The fourth-order valence-electron chi connectivity index (χ4n) is 0.856. The Morgan fingerprint density at radius 3 is 2.69 bits per heavy atom. The van der Waals surface area contributed by atoms with Gasteiger partial charge >= 0.3 is 5.97 Å². The number of hydrogen-bond donors (Lipinski definition) is 1. The van der Waals surface area contributed by atoms with Gasteiger partial charge in [0.15, 0.2) is 0 Å². The second kappa shape index (κ2) is 3.42. The molecule has 0 saturated carbocycles. The normalized spacial score (nSPS) is 9.31. The summed E-state index contributed by atoms with van der Waals surface area (Å²) in [6.07, 6.45) is 0. The number of nitriles is 1. The monoisotopic (exact) mass is 199 g/mol. The molecule has 1 aromatic carbocycles. The zero-order valence-corrected chi connectivity index (χ0v) is 6.97. The number of hydrogen-bond acceptors (Lipinski definition) is 2. The fourth-order valence-corrected chi connectivity index (χ4v) is 1.06. The van der Waals surface area contributed by atoms with Gasteiger partial charge in [-0.3, -0.25) is 0 Å². The van der Waals surface area contributed by atoms with Crippen molar-refractivity contribution in [1.82, 2.24) is 0 Å². The van der Waals surface area contributed by atoms with Gasteiger partial charge in [0.1, 0.15) is 17.4 Å². The average molecular weight is 200 g/mol. The van der Waals surface area contributed by atoms with Crippen LogP contribution in [0.25, 0.3) is 0 Å². The van der Waals surface area contributed by atoms with E-state index in [9.17, 15) is 9.18 Å². The predicted molar refractivity (Wildman–Crippen MR) is 43.1 cm³/mol. The van der Waals surface area contributed by atoms with Crippen LogP contribution in [-0.4, -0.2) is 11.1 Å². The van der Waals surface area contributed by atoms with Crippen molar-refractivity contribution in [2.75, 3.05) is 0 Å². The summed E-state index contributed by atoms with van der Waals surface area (Å²) in [5, 5.41) is 17.0. The van der Waals surface area contributed by atoms with Crippen molar-refractivity contribution in [1.29, 1.82) is 5.26 Å². The standard InChI is InChI=1S/C8H3ClFNO2/c9-4-1-5(8(12)13)6(3-11)7(10)2-4/h1-2H,(H,12,13). The molecule has 0 fully saturated rings. The Morgan fingerprint density at radius 2 is 2.23 bits per heavy atom. The number of carboxylic acids is 1. The van der Waals surface area contributed by atoms with Crippen LogP contribution in [0, 0.1) is 17.1 Å². The lowest BCUT2D eigenvalue weighted by Gasteiger charge is -1.99. The van der Waals surface area contributed by atoms with Crippen LogP contribution in [0.1, 0.15) is 15.9 Å². The van der Waals surface area contributed by atoms with Gasteiger partial charge in [0.05, 0.1) is 5.56 Å². The number of nitrogens with zero attached hydrogens (tertiary/aromatic N) is 1. The van der Waals surface area contributed by atoms with Crippen molar-refractivity contribution in [3.05, 3.63) is 34.1 Å². The molecule has 0 atom stereocenters. The minimum absolute atomic E-state index is 0.0473. The van der Waals surface area contributed by atoms with Gasteiger partial charge in [0, 0.05) is 5.02 Å². The van der Waals surface area contributed by atoms with Crippen molar-refractivity contribution in [2.45, 2.75) is 0 Å². The average Bonchev–Trinajstić information content (AvgIpc) is 2.02. The Morgan fingerprint density at radius 1 is 1.62 bits per heavy atom. The molecule has 0 aliphatic carbocycles. The van der Waals surface area contributed by atoms with E-state index >= 15 is 0 Å². The second-order valence-electron chi connectivity index (χ2n) is 2.23. The maximum atomic E-state index is 12.9. The molecule has 0 saturated heterocycles. The Balaban J connectivity index is 3.50. The van der Waals surface area contributed by atoms with Gasteiger partial charge in [-0.15, -0.1) is 0 Å². The molecule has 1 N–H and O–H groups in total. The van der Waals surface area contributed by atoms with Crippen molar-refractivity contribution in [3.63, 3.8) is 0 Å². The highest BCUT2D eigenvalue weighted by atomic mass is 35.5. The molecule has 0 heterocycles. The van der Waals surface area contributed by atoms with Gasteiger partial charge < -0.3 is 5.11 Å². The predicted octanol–water partition coefficient (Wildman–Crippen LogP) is 2.05. The van der Waals surface area contributed by atoms with E-state index in [0.29, 0.717) is 0 Å². The first-order valence-corrected chi connectivity index (χ1v) is 3.56. The van der Waals surface area contributed by atoms with Crippen molar-refractivity contribution >= 4 is 17.6 Å². The highest BCUT2D eigenvalue weighted by Crippen LogP contribution is 2.19. The van der Waals surface area contributed by atoms with Gasteiger partial charge in [0.25, 0.3) is 0 Å². The van der Waals surface area contributed by atoms with Gasteiger partial charge in [0.2, 0.25) is 0 Å². The van der Waals surface area contributed by atoms with E-state index in [2.05, 4.69) is 0 Å². The van der Waals surface area contributed by atoms with E-state index in [1.54, 1.807) is 0 Å². The first-order valence-electron chi connectivity index (χ1n) is 3.18. The number of halogens is 2. The van der Waals surface area contributed by atoms with Crippen LogP contribution < -0.4 is 0 Å². The molecule has 0 aliphatic heterocycles. The molecule has 66 valence electrons. The lowest BCUT2D eigenvalue weighted by atomic mass is 10.1. The van der Waals surface area contributed by atoms with Gasteiger partial charge in [-0.25, -0.2) is 9.18 Å². The van der Waals surface area contributed by atoms with Crippen LogP contribution in [0.4, 0.5) is 4.39 Å². The summed E-state index contributed by atoms with van der Waals surface area (Å²) in [7, 11) is 0. The third-order valence-corrected chi connectivity index (χ3v) is 1.62.